The number of pyridine rings is 1. The Hall–Kier alpha value is -4.05. The summed E-state index contributed by atoms with van der Waals surface area (Å²) < 4.78 is 46.3. The number of likely N-dealkylation sites (tertiary alicyclic amines) is 1. The highest BCUT2D eigenvalue weighted by Gasteiger charge is 2.35. The number of anilines is 2. The summed E-state index contributed by atoms with van der Waals surface area (Å²) in [5.74, 6) is 0.653. The predicted octanol–water partition coefficient (Wildman–Crippen LogP) is 6.89. The molecule has 3 heterocycles. The molecule has 0 amide bonds. The number of methoxy groups -OCH3 is 1. The first kappa shape index (κ1) is 28.5. The van der Waals surface area contributed by atoms with Gasteiger partial charge in [-0.1, -0.05) is 39.0 Å². The largest absolute Gasteiger partial charge is 0.468 e. The Labute approximate surface area is 236 Å². The molecule has 10 heteroatoms. The Kier molecular flexibility index (Phi) is 7.70. The van der Waals surface area contributed by atoms with Crippen LogP contribution in [0.25, 0.3) is 22.2 Å². The van der Waals surface area contributed by atoms with Gasteiger partial charge in [-0.25, -0.2) is 9.97 Å². The van der Waals surface area contributed by atoms with Gasteiger partial charge in [-0.3, -0.25) is 14.7 Å². The Balaban J connectivity index is 1.58. The minimum absolute atomic E-state index is 0.00361. The first-order valence-corrected chi connectivity index (χ1v) is 13.5. The Morgan fingerprint density at radius 3 is 2.51 bits per heavy atom. The fourth-order valence-corrected chi connectivity index (χ4v) is 5.15. The number of halogens is 3. The highest BCUT2D eigenvalue weighted by atomic mass is 19.4. The second kappa shape index (κ2) is 11.1. The van der Waals surface area contributed by atoms with Crippen LogP contribution in [0.15, 0.2) is 60.8 Å². The number of nitrogens with one attached hydrogen (secondary N) is 1. The Bertz CT molecular complexity index is 1570. The van der Waals surface area contributed by atoms with E-state index in [1.165, 1.54) is 24.9 Å². The van der Waals surface area contributed by atoms with Crippen molar-refractivity contribution in [1.82, 2.24) is 19.9 Å². The number of carbonyl (C=O) groups excluding carboxylic acids is 1. The van der Waals surface area contributed by atoms with E-state index in [1.54, 1.807) is 18.2 Å². The maximum atomic E-state index is 13.8. The first-order valence-electron chi connectivity index (χ1n) is 13.5. The van der Waals surface area contributed by atoms with Gasteiger partial charge in [-0.2, -0.15) is 13.2 Å². The zero-order chi connectivity index (χ0) is 29.4. The van der Waals surface area contributed by atoms with Gasteiger partial charge >= 0.3 is 12.1 Å². The van der Waals surface area contributed by atoms with E-state index in [9.17, 15) is 18.0 Å². The van der Waals surface area contributed by atoms with E-state index in [2.05, 4.69) is 43.2 Å². The summed E-state index contributed by atoms with van der Waals surface area (Å²) >= 11 is 0. The van der Waals surface area contributed by atoms with Crippen LogP contribution in [0.3, 0.4) is 0 Å². The molecule has 7 nitrogen and oxygen atoms in total. The SMILES string of the molecule is COC(=O)C1CCCN1Cc1nc(Nc2ccc(C(C)(C)C)cc2)c2ccc(-c3ncccc3C(F)(F)F)cc2n1. The average Bonchev–Trinajstić information content (AvgIpc) is 3.39. The Morgan fingerprint density at radius 2 is 1.83 bits per heavy atom. The van der Waals surface area contributed by atoms with Crippen molar-refractivity contribution < 1.29 is 22.7 Å². The van der Waals surface area contributed by atoms with Crippen LogP contribution in [-0.2, 0) is 27.7 Å². The van der Waals surface area contributed by atoms with Gasteiger partial charge in [0.15, 0.2) is 0 Å². The number of rotatable bonds is 6. The van der Waals surface area contributed by atoms with E-state index in [1.807, 2.05) is 17.0 Å². The highest BCUT2D eigenvalue weighted by molar-refractivity contribution is 5.93. The van der Waals surface area contributed by atoms with Crippen molar-refractivity contribution >= 4 is 28.4 Å². The fraction of sp³-hybridized carbons (Fsp3) is 0.355. The van der Waals surface area contributed by atoms with Crippen molar-refractivity contribution in [1.29, 1.82) is 0 Å². The predicted molar refractivity (Wildman–Crippen MR) is 152 cm³/mol. The number of ether oxygens (including phenoxy) is 1. The van der Waals surface area contributed by atoms with Gasteiger partial charge in [0.2, 0.25) is 0 Å². The monoisotopic (exact) mass is 563 g/mol. The van der Waals surface area contributed by atoms with Crippen molar-refractivity contribution in [3.8, 4) is 11.3 Å². The van der Waals surface area contributed by atoms with Crippen molar-refractivity contribution in [3.63, 3.8) is 0 Å². The quantitative estimate of drug-likeness (QED) is 0.256. The second-order valence-corrected chi connectivity index (χ2v) is 11.2. The van der Waals surface area contributed by atoms with Crippen molar-refractivity contribution in [2.75, 3.05) is 19.0 Å². The van der Waals surface area contributed by atoms with Gasteiger partial charge in [0.25, 0.3) is 0 Å². The molecule has 1 N–H and O–H groups in total. The van der Waals surface area contributed by atoms with Crippen molar-refractivity contribution in [3.05, 3.63) is 77.7 Å². The van der Waals surface area contributed by atoms with Crippen LogP contribution in [-0.4, -0.2) is 45.5 Å². The summed E-state index contributed by atoms with van der Waals surface area (Å²) in [7, 11) is 1.37. The van der Waals surface area contributed by atoms with E-state index in [0.29, 0.717) is 41.1 Å². The molecule has 0 aliphatic carbocycles. The minimum Gasteiger partial charge on any atom is -0.468 e. The lowest BCUT2D eigenvalue weighted by Gasteiger charge is -2.22. The summed E-state index contributed by atoms with van der Waals surface area (Å²) in [5, 5.41) is 4.02. The number of hydrogen-bond donors (Lipinski definition) is 1. The Morgan fingerprint density at radius 1 is 1.07 bits per heavy atom. The van der Waals surface area contributed by atoms with Crippen LogP contribution in [0.5, 0.6) is 0 Å². The number of fused-ring (bicyclic) bond motifs is 1. The lowest BCUT2D eigenvalue weighted by molar-refractivity contribution is -0.146. The molecule has 2 aromatic carbocycles. The third kappa shape index (κ3) is 6.17. The molecule has 1 atom stereocenters. The maximum Gasteiger partial charge on any atom is 0.418 e. The molecule has 41 heavy (non-hydrogen) atoms. The van der Waals surface area contributed by atoms with Crippen molar-refractivity contribution in [2.45, 2.75) is 57.8 Å². The minimum atomic E-state index is -4.56. The molecule has 2 aromatic heterocycles. The van der Waals surface area contributed by atoms with Crippen molar-refractivity contribution in [2.24, 2.45) is 0 Å². The number of hydrogen-bond acceptors (Lipinski definition) is 7. The molecule has 1 fully saturated rings. The number of esters is 1. The van der Waals surface area contributed by atoms with Crippen LogP contribution >= 0.6 is 0 Å². The number of carbonyl (C=O) groups is 1. The van der Waals surface area contributed by atoms with E-state index in [-0.39, 0.29) is 23.6 Å². The van der Waals surface area contributed by atoms with Gasteiger partial charge < -0.3 is 10.1 Å². The average molecular weight is 564 g/mol. The summed E-state index contributed by atoms with van der Waals surface area (Å²) in [6, 6.07) is 14.9. The van der Waals surface area contributed by atoms with Gasteiger partial charge in [0.1, 0.15) is 17.7 Å². The van der Waals surface area contributed by atoms with Gasteiger partial charge in [-0.15, -0.1) is 0 Å². The third-order valence-corrected chi connectivity index (χ3v) is 7.32. The van der Waals surface area contributed by atoms with Crippen LogP contribution in [0.1, 0.15) is 50.6 Å². The molecule has 1 aliphatic heterocycles. The third-order valence-electron chi connectivity index (χ3n) is 7.32. The first-order chi connectivity index (χ1) is 19.4. The smallest absolute Gasteiger partial charge is 0.418 e. The molecule has 0 saturated carbocycles. The van der Waals surface area contributed by atoms with E-state index in [0.717, 1.165) is 18.2 Å². The maximum absolute atomic E-state index is 13.8. The normalized spacial score (nSPS) is 16.2. The highest BCUT2D eigenvalue weighted by Crippen LogP contribution is 2.37. The summed E-state index contributed by atoms with van der Waals surface area (Å²) in [4.78, 5) is 27.9. The topological polar surface area (TPSA) is 80.2 Å². The molecular weight excluding hydrogens is 531 g/mol. The van der Waals surface area contributed by atoms with Gasteiger partial charge in [-0.05, 0) is 66.8 Å². The zero-order valence-electron chi connectivity index (χ0n) is 23.4. The summed E-state index contributed by atoms with van der Waals surface area (Å²) in [5.41, 5.74) is 1.77. The zero-order valence-corrected chi connectivity index (χ0v) is 23.4. The lowest BCUT2D eigenvalue weighted by Crippen LogP contribution is -2.36. The van der Waals surface area contributed by atoms with Crippen LogP contribution in [0.2, 0.25) is 0 Å². The number of alkyl halides is 3. The fourth-order valence-electron chi connectivity index (χ4n) is 5.15. The van der Waals surface area contributed by atoms with Gasteiger partial charge in [0.05, 0.1) is 30.4 Å². The molecule has 1 saturated heterocycles. The number of nitrogens with zero attached hydrogens (tertiary/aromatic N) is 4. The molecule has 0 spiro atoms. The molecule has 0 bridgehead atoms. The van der Waals surface area contributed by atoms with E-state index >= 15 is 0 Å². The lowest BCUT2D eigenvalue weighted by atomic mass is 9.87. The van der Waals surface area contributed by atoms with Crippen LogP contribution < -0.4 is 5.32 Å². The van der Waals surface area contributed by atoms with Crippen LogP contribution in [0, 0.1) is 0 Å². The number of benzene rings is 2. The summed E-state index contributed by atoms with van der Waals surface area (Å²) in [6.07, 6.45) is -1.70. The van der Waals surface area contributed by atoms with Crippen LogP contribution in [0.4, 0.5) is 24.7 Å². The van der Waals surface area contributed by atoms with E-state index in [4.69, 9.17) is 14.7 Å². The second-order valence-electron chi connectivity index (χ2n) is 11.2. The van der Waals surface area contributed by atoms with E-state index < -0.39 is 17.8 Å². The summed E-state index contributed by atoms with van der Waals surface area (Å²) in [6.45, 7) is 7.39. The molecule has 4 aromatic rings. The molecular formula is C31H32F3N5O2. The molecule has 1 unspecified atom stereocenters. The molecule has 0 radical (unpaired) electrons. The standard InChI is InChI=1S/C31H32F3N5O2/c1-30(2,3)20-10-12-21(13-11-20)36-28-22-14-9-19(27-23(31(32,33)34)7-5-15-35-27)17-24(22)37-26(38-28)18-39-16-6-8-25(39)29(40)41-4/h5,7,9-15,17,25H,6,8,16,18H2,1-4H3,(H,36,37,38). The van der Waals surface area contributed by atoms with Gasteiger partial charge in [0, 0.05) is 22.8 Å². The molecule has 5 rings (SSSR count). The molecule has 214 valence electrons. The molecule has 1 aliphatic rings. The number of aromatic nitrogens is 3.